The molecule has 0 radical (unpaired) electrons. The molecule has 0 fully saturated rings. The van der Waals surface area contributed by atoms with Crippen LogP contribution in [0.25, 0.3) is 16.8 Å². The minimum Gasteiger partial charge on any atom is -0.321 e. The molecule has 1 aromatic heterocycles. The van der Waals surface area contributed by atoms with Gasteiger partial charge in [0.15, 0.2) is 5.82 Å². The van der Waals surface area contributed by atoms with Crippen molar-refractivity contribution in [2.45, 2.75) is 12.5 Å². The molecule has 3 aromatic rings. The monoisotopic (exact) mass is 278 g/mol. The zero-order valence-corrected chi connectivity index (χ0v) is 11.3. The molecule has 21 heavy (non-hydrogen) atoms. The van der Waals surface area contributed by atoms with Crippen LogP contribution in [0.4, 0.5) is 0 Å². The highest BCUT2D eigenvalue weighted by Crippen LogP contribution is 2.30. The fourth-order valence-corrected chi connectivity index (χ4v) is 2.90. The summed E-state index contributed by atoms with van der Waals surface area (Å²) in [5, 5.41) is 6.49. The number of aromatic amines is 1. The Balaban J connectivity index is 1.90. The van der Waals surface area contributed by atoms with E-state index in [0.29, 0.717) is 12.2 Å². The second-order valence-corrected chi connectivity index (χ2v) is 5.24. The number of rotatable bonds is 1. The summed E-state index contributed by atoms with van der Waals surface area (Å²) in [6.45, 7) is 0. The van der Waals surface area contributed by atoms with Crippen molar-refractivity contribution in [2.24, 2.45) is 5.73 Å². The standard InChI is InChI=1S/C16H14N4O/c17-13-9-12-8-11(10-4-2-1-3-5-10)6-7-14(12)20-15(13)18-19-16(20)21/h1-8,13H,9,17H2,(H,19,21). The number of nitrogens with two attached hydrogens (primary N) is 1. The predicted molar refractivity (Wildman–Crippen MR) is 80.3 cm³/mol. The van der Waals surface area contributed by atoms with E-state index in [0.717, 1.165) is 22.4 Å². The zero-order valence-electron chi connectivity index (χ0n) is 11.3. The van der Waals surface area contributed by atoms with Crippen molar-refractivity contribution in [3.63, 3.8) is 0 Å². The Hall–Kier alpha value is -2.66. The third-order valence-electron chi connectivity index (χ3n) is 3.90. The van der Waals surface area contributed by atoms with Gasteiger partial charge in [-0.1, -0.05) is 36.4 Å². The number of H-pyrrole nitrogens is 1. The third-order valence-corrected chi connectivity index (χ3v) is 3.90. The van der Waals surface area contributed by atoms with E-state index in [1.54, 1.807) is 4.57 Å². The number of aromatic nitrogens is 3. The van der Waals surface area contributed by atoms with Crippen LogP contribution in [0.2, 0.25) is 0 Å². The molecule has 2 heterocycles. The molecular formula is C16H14N4O. The molecule has 0 amide bonds. The highest BCUT2D eigenvalue weighted by Gasteiger charge is 2.25. The van der Waals surface area contributed by atoms with Crippen LogP contribution in [0, 0.1) is 0 Å². The van der Waals surface area contributed by atoms with Crippen LogP contribution in [0.15, 0.2) is 53.3 Å². The number of nitrogens with one attached hydrogen (secondary N) is 1. The Kier molecular flexibility index (Phi) is 2.55. The number of benzene rings is 2. The van der Waals surface area contributed by atoms with Gasteiger partial charge in [-0.05, 0) is 35.2 Å². The van der Waals surface area contributed by atoms with E-state index >= 15 is 0 Å². The van der Waals surface area contributed by atoms with E-state index in [1.165, 1.54) is 0 Å². The topological polar surface area (TPSA) is 76.7 Å². The van der Waals surface area contributed by atoms with Gasteiger partial charge in [0.1, 0.15) is 0 Å². The quantitative estimate of drug-likeness (QED) is 0.712. The molecule has 3 N–H and O–H groups in total. The number of hydrogen-bond donors (Lipinski definition) is 2. The molecule has 1 atom stereocenters. The molecule has 0 bridgehead atoms. The van der Waals surface area contributed by atoms with Gasteiger partial charge in [0.05, 0.1) is 11.7 Å². The van der Waals surface area contributed by atoms with Crippen LogP contribution >= 0.6 is 0 Å². The first kappa shape index (κ1) is 12.1. The van der Waals surface area contributed by atoms with Gasteiger partial charge in [-0.25, -0.2) is 14.5 Å². The van der Waals surface area contributed by atoms with E-state index in [4.69, 9.17) is 5.73 Å². The van der Waals surface area contributed by atoms with E-state index in [-0.39, 0.29) is 11.7 Å². The number of nitrogens with zero attached hydrogens (tertiary/aromatic N) is 2. The summed E-state index contributed by atoms with van der Waals surface area (Å²) in [6, 6.07) is 16.0. The van der Waals surface area contributed by atoms with Crippen LogP contribution in [-0.2, 0) is 6.42 Å². The lowest BCUT2D eigenvalue weighted by molar-refractivity contribution is 0.619. The molecule has 1 aliphatic rings. The van der Waals surface area contributed by atoms with Crippen molar-refractivity contribution in [2.75, 3.05) is 0 Å². The minimum atomic E-state index is -0.262. The van der Waals surface area contributed by atoms with E-state index in [2.05, 4.69) is 28.4 Å². The van der Waals surface area contributed by atoms with Crippen LogP contribution in [-0.4, -0.2) is 14.8 Å². The summed E-state index contributed by atoms with van der Waals surface area (Å²) < 4.78 is 1.57. The molecule has 5 nitrogen and oxygen atoms in total. The van der Waals surface area contributed by atoms with Crippen molar-refractivity contribution in [1.29, 1.82) is 0 Å². The molecule has 1 unspecified atom stereocenters. The summed E-state index contributed by atoms with van der Waals surface area (Å²) in [6.07, 6.45) is 0.681. The maximum atomic E-state index is 11.9. The van der Waals surface area contributed by atoms with Crippen LogP contribution < -0.4 is 11.4 Å². The Morgan fingerprint density at radius 2 is 1.95 bits per heavy atom. The Labute approximate surface area is 121 Å². The lowest BCUT2D eigenvalue weighted by Crippen LogP contribution is -2.28. The maximum Gasteiger partial charge on any atom is 0.347 e. The molecule has 4 rings (SSSR count). The van der Waals surface area contributed by atoms with Gasteiger partial charge in [-0.2, -0.15) is 5.10 Å². The van der Waals surface area contributed by atoms with E-state index in [9.17, 15) is 4.79 Å². The molecule has 0 saturated heterocycles. The normalized spacial score (nSPS) is 16.3. The van der Waals surface area contributed by atoms with Crippen LogP contribution in [0.1, 0.15) is 17.4 Å². The second-order valence-electron chi connectivity index (χ2n) is 5.24. The Bertz CT molecular complexity index is 863. The molecule has 2 aromatic carbocycles. The van der Waals surface area contributed by atoms with Crippen molar-refractivity contribution in [1.82, 2.24) is 14.8 Å². The SMILES string of the molecule is NC1Cc2cc(-c3ccccc3)ccc2-n2c1n[nH]c2=O. The molecule has 0 spiro atoms. The van der Waals surface area contributed by atoms with Crippen molar-refractivity contribution < 1.29 is 0 Å². The summed E-state index contributed by atoms with van der Waals surface area (Å²) >= 11 is 0. The third kappa shape index (κ3) is 1.82. The average molecular weight is 278 g/mol. The van der Waals surface area contributed by atoms with E-state index in [1.807, 2.05) is 30.3 Å². The van der Waals surface area contributed by atoms with Crippen molar-refractivity contribution >= 4 is 0 Å². The first-order valence-electron chi connectivity index (χ1n) is 6.85. The minimum absolute atomic E-state index is 0.242. The highest BCUT2D eigenvalue weighted by atomic mass is 16.1. The predicted octanol–water partition coefficient (Wildman–Crippen LogP) is 1.78. The molecule has 0 aliphatic carbocycles. The number of fused-ring (bicyclic) bond motifs is 3. The molecule has 5 heteroatoms. The number of hydrogen-bond acceptors (Lipinski definition) is 3. The summed E-state index contributed by atoms with van der Waals surface area (Å²) in [5.41, 5.74) is 10.1. The maximum absolute atomic E-state index is 11.9. The highest BCUT2D eigenvalue weighted by molar-refractivity contribution is 5.67. The van der Waals surface area contributed by atoms with Gasteiger partial charge in [-0.15, -0.1) is 0 Å². The smallest absolute Gasteiger partial charge is 0.321 e. The van der Waals surface area contributed by atoms with Crippen molar-refractivity contribution in [3.8, 4) is 16.8 Å². The van der Waals surface area contributed by atoms with Gasteiger partial charge in [0.25, 0.3) is 0 Å². The van der Waals surface area contributed by atoms with Gasteiger partial charge >= 0.3 is 5.69 Å². The first-order valence-corrected chi connectivity index (χ1v) is 6.85. The van der Waals surface area contributed by atoms with Crippen molar-refractivity contribution in [3.05, 3.63) is 70.4 Å². The largest absolute Gasteiger partial charge is 0.347 e. The van der Waals surface area contributed by atoms with Gasteiger partial charge in [0.2, 0.25) is 0 Å². The molecule has 1 aliphatic heterocycles. The molecule has 0 saturated carbocycles. The van der Waals surface area contributed by atoms with Crippen LogP contribution in [0.5, 0.6) is 0 Å². The molecule has 104 valence electrons. The van der Waals surface area contributed by atoms with E-state index < -0.39 is 0 Å². The molecular weight excluding hydrogens is 264 g/mol. The second kappa shape index (κ2) is 4.43. The zero-order chi connectivity index (χ0) is 14.4. The summed E-state index contributed by atoms with van der Waals surface area (Å²) in [4.78, 5) is 11.9. The summed E-state index contributed by atoms with van der Waals surface area (Å²) in [7, 11) is 0. The average Bonchev–Trinajstić information content (AvgIpc) is 2.91. The first-order chi connectivity index (χ1) is 10.2. The summed E-state index contributed by atoms with van der Waals surface area (Å²) in [5.74, 6) is 0.597. The fraction of sp³-hybridized carbons (Fsp3) is 0.125. The van der Waals surface area contributed by atoms with Crippen LogP contribution in [0.3, 0.4) is 0 Å². The van der Waals surface area contributed by atoms with Gasteiger partial charge in [0, 0.05) is 0 Å². The Morgan fingerprint density at radius 3 is 2.76 bits per heavy atom. The van der Waals surface area contributed by atoms with Gasteiger partial charge in [-0.3, -0.25) is 0 Å². The van der Waals surface area contributed by atoms with Gasteiger partial charge < -0.3 is 5.73 Å². The lowest BCUT2D eigenvalue weighted by atomic mass is 9.95. The lowest BCUT2D eigenvalue weighted by Gasteiger charge is -2.22. The fourth-order valence-electron chi connectivity index (χ4n) is 2.90. The Morgan fingerprint density at radius 1 is 1.14 bits per heavy atom.